The molecule has 132 valence electrons. The quantitative estimate of drug-likeness (QED) is 0.718. The summed E-state index contributed by atoms with van der Waals surface area (Å²) in [6, 6.07) is -0.549. The minimum Gasteiger partial charge on any atom is -0.378 e. The van der Waals surface area contributed by atoms with Crippen LogP contribution in [0, 0.1) is 5.92 Å². The highest BCUT2D eigenvalue weighted by Gasteiger charge is 2.45. The Morgan fingerprint density at radius 2 is 1.83 bits per heavy atom. The number of ether oxygens (including phenoxy) is 1. The second-order valence-corrected chi connectivity index (χ2v) is 8.75. The minimum atomic E-state index is -3.59. The summed E-state index contributed by atoms with van der Waals surface area (Å²) in [5.41, 5.74) is 0. The van der Waals surface area contributed by atoms with Gasteiger partial charge in [0.15, 0.2) is 0 Å². The van der Waals surface area contributed by atoms with E-state index in [0.717, 1.165) is 19.3 Å². The summed E-state index contributed by atoms with van der Waals surface area (Å²) < 4.78 is 34.1. The van der Waals surface area contributed by atoms with E-state index in [1.54, 1.807) is 11.9 Å². The summed E-state index contributed by atoms with van der Waals surface area (Å²) in [7, 11) is -1.94. The third kappa shape index (κ3) is 3.40. The van der Waals surface area contributed by atoms with Crippen LogP contribution >= 0.6 is 0 Å². The molecule has 8 heteroatoms. The van der Waals surface area contributed by atoms with E-state index < -0.39 is 16.3 Å². The summed E-state index contributed by atoms with van der Waals surface area (Å²) in [4.78, 5) is 14.5. The van der Waals surface area contributed by atoms with Gasteiger partial charge in [0.2, 0.25) is 5.91 Å². The molecule has 3 fully saturated rings. The van der Waals surface area contributed by atoms with Gasteiger partial charge < -0.3 is 9.64 Å². The average Bonchev–Trinajstić information content (AvgIpc) is 3.29. The lowest BCUT2D eigenvalue weighted by Gasteiger charge is -2.35. The van der Waals surface area contributed by atoms with Crippen molar-refractivity contribution in [3.05, 3.63) is 0 Å². The normalized spacial score (nSPS) is 28.3. The highest BCUT2D eigenvalue weighted by atomic mass is 32.2. The number of carbonyl (C=O) groups excluding carboxylic acids is 1. The molecule has 1 saturated carbocycles. The van der Waals surface area contributed by atoms with E-state index in [1.807, 2.05) is 6.92 Å². The third-order valence-corrected chi connectivity index (χ3v) is 7.44. The smallest absolute Gasteiger partial charge is 0.282 e. The maximum absolute atomic E-state index is 13.0. The molecule has 3 aliphatic rings. The molecule has 2 heterocycles. The number of nitrogens with zero attached hydrogens (tertiary/aromatic N) is 3. The van der Waals surface area contributed by atoms with Crippen molar-refractivity contribution in [2.24, 2.45) is 5.92 Å². The molecule has 0 N–H and O–H groups in total. The Labute approximate surface area is 138 Å². The molecule has 0 radical (unpaired) electrons. The lowest BCUT2D eigenvalue weighted by Crippen LogP contribution is -2.54. The molecule has 0 aromatic rings. The van der Waals surface area contributed by atoms with Crippen molar-refractivity contribution >= 4 is 16.1 Å². The molecule has 1 aliphatic carbocycles. The molecule has 0 bridgehead atoms. The van der Waals surface area contributed by atoms with E-state index in [0.29, 0.717) is 45.2 Å². The Balaban J connectivity index is 1.73. The van der Waals surface area contributed by atoms with Crippen LogP contribution in [-0.2, 0) is 19.7 Å². The van der Waals surface area contributed by atoms with Crippen LogP contribution in [0.25, 0.3) is 0 Å². The van der Waals surface area contributed by atoms with Crippen molar-refractivity contribution in [2.75, 3.05) is 39.9 Å². The topological polar surface area (TPSA) is 70.2 Å². The first-order valence-electron chi connectivity index (χ1n) is 8.54. The van der Waals surface area contributed by atoms with Crippen LogP contribution < -0.4 is 0 Å². The van der Waals surface area contributed by atoms with Crippen LogP contribution in [0.1, 0.15) is 32.6 Å². The van der Waals surface area contributed by atoms with Crippen molar-refractivity contribution in [3.8, 4) is 0 Å². The minimum absolute atomic E-state index is 0.000242. The molecule has 3 rings (SSSR count). The van der Waals surface area contributed by atoms with Crippen LogP contribution in [0.2, 0.25) is 0 Å². The maximum atomic E-state index is 13.0. The molecular weight excluding hydrogens is 318 g/mol. The molecule has 0 aromatic carbocycles. The predicted molar refractivity (Wildman–Crippen MR) is 86.0 cm³/mol. The Hall–Kier alpha value is -0.700. The van der Waals surface area contributed by atoms with Crippen molar-refractivity contribution in [2.45, 2.75) is 44.7 Å². The standard InChI is InChI=1S/C15H27N3O4S/c1-12(13-5-6-13)16(2)23(20,21)18-7-3-4-14(18)15(19)17-8-10-22-11-9-17/h12-14H,3-11H2,1-2H3. The lowest BCUT2D eigenvalue weighted by atomic mass is 10.2. The number of amides is 1. The summed E-state index contributed by atoms with van der Waals surface area (Å²) in [5, 5.41) is 0. The van der Waals surface area contributed by atoms with E-state index in [1.165, 1.54) is 8.61 Å². The Bertz CT molecular complexity index is 543. The van der Waals surface area contributed by atoms with Crippen LogP contribution in [0.5, 0.6) is 0 Å². The van der Waals surface area contributed by atoms with Gasteiger partial charge in [-0.25, -0.2) is 0 Å². The summed E-state index contributed by atoms with van der Waals surface area (Å²) in [6.07, 6.45) is 3.54. The fraction of sp³-hybridized carbons (Fsp3) is 0.933. The number of hydrogen-bond acceptors (Lipinski definition) is 4. The van der Waals surface area contributed by atoms with Crippen LogP contribution in [0.4, 0.5) is 0 Å². The van der Waals surface area contributed by atoms with Gasteiger partial charge in [-0.15, -0.1) is 0 Å². The first kappa shape index (κ1) is 17.1. The van der Waals surface area contributed by atoms with Crippen LogP contribution in [0.15, 0.2) is 0 Å². The van der Waals surface area contributed by atoms with Gasteiger partial charge in [-0.2, -0.15) is 17.0 Å². The maximum Gasteiger partial charge on any atom is 0.282 e. The van der Waals surface area contributed by atoms with E-state index in [2.05, 4.69) is 0 Å². The zero-order valence-corrected chi connectivity index (χ0v) is 14.8. The van der Waals surface area contributed by atoms with Gasteiger partial charge in [0.25, 0.3) is 10.2 Å². The average molecular weight is 345 g/mol. The number of morpholine rings is 1. The molecule has 7 nitrogen and oxygen atoms in total. The second kappa shape index (κ2) is 6.66. The summed E-state index contributed by atoms with van der Waals surface area (Å²) >= 11 is 0. The number of hydrogen-bond donors (Lipinski definition) is 0. The predicted octanol–water partition coefficient (Wildman–Crippen LogP) is 0.285. The van der Waals surface area contributed by atoms with Gasteiger partial charge in [-0.3, -0.25) is 4.79 Å². The molecule has 0 spiro atoms. The van der Waals surface area contributed by atoms with Gasteiger partial charge in [0.1, 0.15) is 6.04 Å². The van der Waals surface area contributed by atoms with Crippen LogP contribution in [-0.4, -0.2) is 79.8 Å². The van der Waals surface area contributed by atoms with Gasteiger partial charge in [-0.1, -0.05) is 0 Å². The van der Waals surface area contributed by atoms with E-state index in [-0.39, 0.29) is 11.9 Å². The lowest BCUT2D eigenvalue weighted by molar-refractivity contribution is -0.138. The SMILES string of the molecule is CC(C1CC1)N(C)S(=O)(=O)N1CCCC1C(=O)N1CCOCC1. The van der Waals surface area contributed by atoms with E-state index in [4.69, 9.17) is 4.74 Å². The first-order chi connectivity index (χ1) is 10.9. The highest BCUT2D eigenvalue weighted by molar-refractivity contribution is 7.86. The fourth-order valence-electron chi connectivity index (χ4n) is 3.51. The van der Waals surface area contributed by atoms with Gasteiger partial charge in [-0.05, 0) is 38.5 Å². The molecule has 1 amide bonds. The fourth-order valence-corrected chi connectivity index (χ4v) is 5.31. The van der Waals surface area contributed by atoms with Gasteiger partial charge >= 0.3 is 0 Å². The largest absolute Gasteiger partial charge is 0.378 e. The molecule has 2 saturated heterocycles. The first-order valence-corrected chi connectivity index (χ1v) is 9.94. The Morgan fingerprint density at radius 1 is 1.17 bits per heavy atom. The van der Waals surface area contributed by atoms with Crippen molar-refractivity contribution in [3.63, 3.8) is 0 Å². The Morgan fingerprint density at radius 3 is 2.43 bits per heavy atom. The Kier molecular flexibility index (Phi) is 4.96. The van der Waals surface area contributed by atoms with Crippen LogP contribution in [0.3, 0.4) is 0 Å². The number of rotatable bonds is 5. The molecule has 2 unspecified atom stereocenters. The van der Waals surface area contributed by atoms with E-state index in [9.17, 15) is 13.2 Å². The zero-order chi connectivity index (χ0) is 16.6. The molecule has 23 heavy (non-hydrogen) atoms. The van der Waals surface area contributed by atoms with Gasteiger partial charge in [0, 0.05) is 32.7 Å². The molecule has 2 aliphatic heterocycles. The molecule has 2 atom stereocenters. The van der Waals surface area contributed by atoms with Crippen molar-refractivity contribution < 1.29 is 17.9 Å². The van der Waals surface area contributed by atoms with Crippen molar-refractivity contribution in [1.82, 2.24) is 13.5 Å². The van der Waals surface area contributed by atoms with Crippen molar-refractivity contribution in [1.29, 1.82) is 0 Å². The zero-order valence-electron chi connectivity index (χ0n) is 14.0. The highest BCUT2D eigenvalue weighted by Crippen LogP contribution is 2.36. The van der Waals surface area contributed by atoms with Gasteiger partial charge in [0.05, 0.1) is 13.2 Å². The second-order valence-electron chi connectivity index (χ2n) is 6.81. The van der Waals surface area contributed by atoms with E-state index >= 15 is 0 Å². The monoisotopic (exact) mass is 345 g/mol. The summed E-state index contributed by atoms with van der Waals surface area (Å²) in [5.74, 6) is 0.396. The summed E-state index contributed by atoms with van der Waals surface area (Å²) in [6.45, 7) is 4.57. The molecule has 0 aromatic heterocycles. The number of carbonyl (C=O) groups is 1. The molecular formula is C15H27N3O4S. The third-order valence-electron chi connectivity index (χ3n) is 5.35.